The van der Waals surface area contributed by atoms with Crippen LogP contribution < -0.4 is 15.4 Å². The van der Waals surface area contributed by atoms with Gasteiger partial charge in [0.05, 0.1) is 11.8 Å². The van der Waals surface area contributed by atoms with E-state index in [0.29, 0.717) is 33.9 Å². The quantitative estimate of drug-likeness (QED) is 0.582. The topological polar surface area (TPSA) is 109 Å². The number of aromatic amines is 1. The second-order valence-corrected chi connectivity index (χ2v) is 6.07. The molecule has 3 aromatic heterocycles. The lowest BCUT2D eigenvalue weighted by atomic mass is 10.2. The van der Waals surface area contributed by atoms with Crippen LogP contribution in [0.15, 0.2) is 49.4 Å². The standard InChI is InChI=1S/C19H19N5O3/c1-4-17(25)24-16-8-12(5-6-20-16)27-13-7-14-15(19(26)23-11(2)3)10-22-18(14)21-9-13/h4-11H,1H2,2-3H3,(H,21,22)(H,23,26)(H,20,24,25). The lowest BCUT2D eigenvalue weighted by Gasteiger charge is -2.09. The Bertz CT molecular complexity index is 1010. The van der Waals surface area contributed by atoms with E-state index in [1.165, 1.54) is 6.20 Å². The summed E-state index contributed by atoms with van der Waals surface area (Å²) in [6, 6.07) is 4.99. The molecule has 0 saturated heterocycles. The third-order valence-corrected chi connectivity index (χ3v) is 3.57. The van der Waals surface area contributed by atoms with E-state index in [4.69, 9.17) is 4.74 Å². The van der Waals surface area contributed by atoms with Gasteiger partial charge in [-0.2, -0.15) is 0 Å². The second kappa shape index (κ2) is 7.69. The van der Waals surface area contributed by atoms with Gasteiger partial charge in [0, 0.05) is 29.9 Å². The number of nitrogens with one attached hydrogen (secondary N) is 3. The fourth-order valence-corrected chi connectivity index (χ4v) is 2.42. The predicted octanol–water partition coefficient (Wildman–Crippen LogP) is 3.01. The van der Waals surface area contributed by atoms with Crippen LogP contribution in [0.5, 0.6) is 11.5 Å². The number of H-pyrrole nitrogens is 1. The van der Waals surface area contributed by atoms with Crippen LogP contribution in [0.2, 0.25) is 0 Å². The van der Waals surface area contributed by atoms with Crippen molar-refractivity contribution in [3.8, 4) is 11.5 Å². The Labute approximate surface area is 155 Å². The number of amides is 2. The zero-order valence-electron chi connectivity index (χ0n) is 14.9. The van der Waals surface area contributed by atoms with Crippen LogP contribution in [0.1, 0.15) is 24.2 Å². The zero-order valence-corrected chi connectivity index (χ0v) is 14.9. The first kappa shape index (κ1) is 18.1. The molecule has 3 aromatic rings. The van der Waals surface area contributed by atoms with Gasteiger partial charge < -0.3 is 20.4 Å². The van der Waals surface area contributed by atoms with Gasteiger partial charge in [-0.25, -0.2) is 9.97 Å². The Morgan fingerprint density at radius 3 is 2.81 bits per heavy atom. The summed E-state index contributed by atoms with van der Waals surface area (Å²) in [7, 11) is 0. The maximum atomic E-state index is 12.3. The largest absolute Gasteiger partial charge is 0.456 e. The van der Waals surface area contributed by atoms with Gasteiger partial charge in [-0.05, 0) is 32.1 Å². The minimum atomic E-state index is -0.365. The van der Waals surface area contributed by atoms with E-state index in [9.17, 15) is 9.59 Å². The van der Waals surface area contributed by atoms with Gasteiger partial charge in [0.1, 0.15) is 23.0 Å². The highest BCUT2D eigenvalue weighted by Gasteiger charge is 2.14. The SMILES string of the molecule is C=CC(=O)Nc1cc(Oc2cnc3[nH]cc(C(=O)NC(C)C)c3c2)ccn1. The molecule has 8 heteroatoms. The summed E-state index contributed by atoms with van der Waals surface area (Å²) in [5.41, 5.74) is 1.08. The summed E-state index contributed by atoms with van der Waals surface area (Å²) < 4.78 is 5.80. The zero-order chi connectivity index (χ0) is 19.4. The number of aromatic nitrogens is 3. The van der Waals surface area contributed by atoms with Gasteiger partial charge in [0.2, 0.25) is 5.91 Å². The van der Waals surface area contributed by atoms with Gasteiger partial charge >= 0.3 is 0 Å². The molecular weight excluding hydrogens is 346 g/mol. The molecule has 0 aliphatic heterocycles. The summed E-state index contributed by atoms with van der Waals surface area (Å²) in [6.45, 7) is 7.19. The summed E-state index contributed by atoms with van der Waals surface area (Å²) >= 11 is 0. The summed E-state index contributed by atoms with van der Waals surface area (Å²) in [4.78, 5) is 35.0. The van der Waals surface area contributed by atoms with Crippen molar-refractivity contribution in [1.29, 1.82) is 0 Å². The number of pyridine rings is 2. The molecule has 0 unspecified atom stereocenters. The number of hydrogen-bond acceptors (Lipinski definition) is 5. The van der Waals surface area contributed by atoms with Gasteiger partial charge in [-0.1, -0.05) is 6.58 Å². The number of ether oxygens (including phenoxy) is 1. The average molecular weight is 365 g/mol. The third-order valence-electron chi connectivity index (χ3n) is 3.57. The first-order chi connectivity index (χ1) is 13.0. The lowest BCUT2D eigenvalue weighted by molar-refractivity contribution is -0.111. The van der Waals surface area contributed by atoms with E-state index in [2.05, 4.69) is 32.2 Å². The number of carbonyl (C=O) groups excluding carboxylic acids is 2. The maximum Gasteiger partial charge on any atom is 0.253 e. The highest BCUT2D eigenvalue weighted by Crippen LogP contribution is 2.26. The van der Waals surface area contributed by atoms with E-state index in [-0.39, 0.29) is 17.9 Å². The van der Waals surface area contributed by atoms with Gasteiger partial charge in [-0.3, -0.25) is 9.59 Å². The van der Waals surface area contributed by atoms with Crippen LogP contribution in [0.4, 0.5) is 5.82 Å². The molecule has 0 spiro atoms. The van der Waals surface area contributed by atoms with Crippen molar-refractivity contribution in [3.05, 3.63) is 55.0 Å². The smallest absolute Gasteiger partial charge is 0.253 e. The molecule has 0 bridgehead atoms. The predicted molar refractivity (Wildman–Crippen MR) is 102 cm³/mol. The van der Waals surface area contributed by atoms with Crippen LogP contribution >= 0.6 is 0 Å². The van der Waals surface area contributed by atoms with Gasteiger partial charge in [-0.15, -0.1) is 0 Å². The highest BCUT2D eigenvalue weighted by atomic mass is 16.5. The number of anilines is 1. The van der Waals surface area contributed by atoms with Crippen LogP contribution in [-0.2, 0) is 4.79 Å². The normalized spacial score (nSPS) is 10.6. The van der Waals surface area contributed by atoms with E-state index in [0.717, 1.165) is 6.08 Å². The molecule has 2 amide bonds. The van der Waals surface area contributed by atoms with Crippen LogP contribution in [0.3, 0.4) is 0 Å². The van der Waals surface area contributed by atoms with E-state index in [1.807, 2.05) is 13.8 Å². The second-order valence-electron chi connectivity index (χ2n) is 6.07. The number of rotatable bonds is 6. The molecule has 0 radical (unpaired) electrons. The van der Waals surface area contributed by atoms with Crippen LogP contribution in [0, 0.1) is 0 Å². The van der Waals surface area contributed by atoms with Crippen molar-refractivity contribution < 1.29 is 14.3 Å². The summed E-state index contributed by atoms with van der Waals surface area (Å²) in [5, 5.41) is 6.07. The Hall–Kier alpha value is -3.68. The molecule has 0 aliphatic rings. The molecule has 0 aromatic carbocycles. The molecule has 0 atom stereocenters. The molecule has 3 rings (SSSR count). The molecule has 0 aliphatic carbocycles. The molecular formula is C19H19N5O3. The average Bonchev–Trinajstić information content (AvgIpc) is 3.04. The number of carbonyl (C=O) groups is 2. The summed E-state index contributed by atoms with van der Waals surface area (Å²) in [6.07, 6.45) is 5.83. The van der Waals surface area contributed by atoms with Crippen molar-refractivity contribution in [2.45, 2.75) is 19.9 Å². The fourth-order valence-electron chi connectivity index (χ4n) is 2.42. The van der Waals surface area contributed by atoms with Gasteiger partial charge in [0.15, 0.2) is 0 Å². The third kappa shape index (κ3) is 4.30. The van der Waals surface area contributed by atoms with Crippen LogP contribution in [0.25, 0.3) is 11.0 Å². The van der Waals surface area contributed by atoms with Crippen molar-refractivity contribution >= 4 is 28.7 Å². The fraction of sp³-hybridized carbons (Fsp3) is 0.158. The lowest BCUT2D eigenvalue weighted by Crippen LogP contribution is -2.29. The first-order valence-corrected chi connectivity index (χ1v) is 8.31. The Morgan fingerprint density at radius 2 is 2.07 bits per heavy atom. The highest BCUT2D eigenvalue weighted by molar-refractivity contribution is 6.06. The van der Waals surface area contributed by atoms with Crippen molar-refractivity contribution in [2.75, 3.05) is 5.32 Å². The summed E-state index contributed by atoms with van der Waals surface area (Å²) in [5.74, 6) is 0.705. The molecule has 138 valence electrons. The minimum Gasteiger partial charge on any atom is -0.456 e. The monoisotopic (exact) mass is 365 g/mol. The van der Waals surface area contributed by atoms with E-state index < -0.39 is 0 Å². The minimum absolute atomic E-state index is 0.0239. The van der Waals surface area contributed by atoms with Crippen LogP contribution in [-0.4, -0.2) is 32.8 Å². The molecule has 27 heavy (non-hydrogen) atoms. The van der Waals surface area contributed by atoms with Crippen molar-refractivity contribution in [3.63, 3.8) is 0 Å². The molecule has 8 nitrogen and oxygen atoms in total. The molecule has 3 heterocycles. The number of fused-ring (bicyclic) bond motifs is 1. The Balaban J connectivity index is 1.85. The molecule has 0 saturated carbocycles. The van der Waals surface area contributed by atoms with Crippen molar-refractivity contribution in [2.24, 2.45) is 0 Å². The van der Waals surface area contributed by atoms with E-state index in [1.54, 1.807) is 30.6 Å². The van der Waals surface area contributed by atoms with E-state index >= 15 is 0 Å². The van der Waals surface area contributed by atoms with Crippen molar-refractivity contribution in [1.82, 2.24) is 20.3 Å². The molecule has 0 fully saturated rings. The first-order valence-electron chi connectivity index (χ1n) is 8.31. The Morgan fingerprint density at radius 1 is 1.26 bits per heavy atom. The molecule has 3 N–H and O–H groups in total. The number of nitrogens with zero attached hydrogens (tertiary/aromatic N) is 2. The van der Waals surface area contributed by atoms with Gasteiger partial charge in [0.25, 0.3) is 5.91 Å². The number of hydrogen-bond donors (Lipinski definition) is 3. The maximum absolute atomic E-state index is 12.3. The Kier molecular flexibility index (Phi) is 5.16.